The van der Waals surface area contributed by atoms with Gasteiger partial charge in [0.15, 0.2) is 5.82 Å². The van der Waals surface area contributed by atoms with Crippen molar-refractivity contribution in [1.82, 2.24) is 15.1 Å². The average Bonchev–Trinajstić information content (AvgIpc) is 3.01. The van der Waals surface area contributed by atoms with Crippen LogP contribution in [0, 0.1) is 18.7 Å². The maximum absolute atomic E-state index is 14.8. The van der Waals surface area contributed by atoms with E-state index in [2.05, 4.69) is 34.5 Å². The van der Waals surface area contributed by atoms with Crippen LogP contribution in [0.15, 0.2) is 30.3 Å². The van der Waals surface area contributed by atoms with Crippen molar-refractivity contribution in [1.29, 1.82) is 0 Å². The topological polar surface area (TPSA) is 61.4 Å². The zero-order valence-corrected chi connectivity index (χ0v) is 22.6. The molecular weight excluding hydrogens is 491 g/mol. The molecule has 1 fully saturated rings. The minimum Gasteiger partial charge on any atom is -0.361 e. The van der Waals surface area contributed by atoms with Gasteiger partial charge in [0.25, 0.3) is 6.43 Å². The van der Waals surface area contributed by atoms with E-state index in [1.54, 1.807) is 6.92 Å². The van der Waals surface area contributed by atoms with Gasteiger partial charge in [-0.05, 0) is 78.2 Å². The van der Waals surface area contributed by atoms with Gasteiger partial charge in [-0.2, -0.15) is 5.10 Å². The van der Waals surface area contributed by atoms with Crippen molar-refractivity contribution in [3.05, 3.63) is 58.5 Å². The lowest BCUT2D eigenvalue weighted by molar-refractivity contribution is -0.122. The highest BCUT2D eigenvalue weighted by atomic mass is 19.3. The summed E-state index contributed by atoms with van der Waals surface area (Å²) in [5.74, 6) is -0.00812. The highest BCUT2D eigenvalue weighted by Crippen LogP contribution is 2.46. The molecule has 1 aliphatic heterocycles. The number of aromatic nitrogens is 2. The molecule has 202 valence electrons. The first-order valence-corrected chi connectivity index (χ1v) is 13.0. The number of carbonyl (C=O) groups excluding carboxylic acids is 1. The van der Waals surface area contributed by atoms with Crippen LogP contribution in [0.1, 0.15) is 68.5 Å². The summed E-state index contributed by atoms with van der Waals surface area (Å²) >= 11 is 0. The summed E-state index contributed by atoms with van der Waals surface area (Å²) in [6.45, 7) is 8.12. The van der Waals surface area contributed by atoms with Crippen LogP contribution in [0.3, 0.4) is 0 Å². The standard InChI is InChI=1S/C29H34F3N5O/c1-15(19-8-7-9-20(25(19)30)26(31)32)33-27-22-13-24-23(12-21(22)16(2)34-35-27)29(3,4)28(38)37(24)14-17-10-18(11-17)36(5)6/h7-9,12-13,15,17-18,26H,10-11,14H2,1-6H3,(H,33,35). The fourth-order valence-corrected chi connectivity index (χ4v) is 5.77. The fraction of sp³-hybridized carbons (Fsp3) is 0.483. The van der Waals surface area contributed by atoms with Crippen molar-refractivity contribution >= 4 is 28.2 Å². The van der Waals surface area contributed by atoms with Crippen LogP contribution >= 0.6 is 0 Å². The van der Waals surface area contributed by atoms with Crippen LogP contribution in [0.2, 0.25) is 0 Å². The van der Waals surface area contributed by atoms with E-state index in [4.69, 9.17) is 0 Å². The Morgan fingerprint density at radius 1 is 1.13 bits per heavy atom. The normalized spacial score (nSPS) is 21.2. The summed E-state index contributed by atoms with van der Waals surface area (Å²) < 4.78 is 41.4. The van der Waals surface area contributed by atoms with Gasteiger partial charge in [-0.3, -0.25) is 4.79 Å². The van der Waals surface area contributed by atoms with E-state index in [1.165, 1.54) is 12.1 Å². The molecule has 1 atom stereocenters. The van der Waals surface area contributed by atoms with E-state index in [0.717, 1.165) is 40.9 Å². The van der Waals surface area contributed by atoms with Crippen molar-refractivity contribution < 1.29 is 18.0 Å². The van der Waals surface area contributed by atoms with E-state index in [-0.39, 0.29) is 11.5 Å². The van der Waals surface area contributed by atoms with Gasteiger partial charge in [0.1, 0.15) is 5.82 Å². The molecule has 1 aliphatic carbocycles. The molecule has 1 unspecified atom stereocenters. The third-order valence-electron chi connectivity index (χ3n) is 8.32. The van der Waals surface area contributed by atoms with Gasteiger partial charge in [-0.1, -0.05) is 18.2 Å². The monoisotopic (exact) mass is 525 g/mol. The largest absolute Gasteiger partial charge is 0.361 e. The Morgan fingerprint density at radius 2 is 1.82 bits per heavy atom. The summed E-state index contributed by atoms with van der Waals surface area (Å²) in [6, 6.07) is 7.90. The van der Waals surface area contributed by atoms with E-state index < -0.39 is 29.3 Å². The van der Waals surface area contributed by atoms with Gasteiger partial charge in [0.05, 0.1) is 22.7 Å². The molecule has 6 nitrogen and oxygen atoms in total. The van der Waals surface area contributed by atoms with Crippen LogP contribution in [-0.2, 0) is 10.2 Å². The molecule has 38 heavy (non-hydrogen) atoms. The second kappa shape index (κ2) is 9.52. The number of aryl methyl sites for hydroxylation is 1. The Morgan fingerprint density at radius 3 is 2.47 bits per heavy atom. The van der Waals surface area contributed by atoms with E-state index >= 15 is 0 Å². The molecule has 0 spiro atoms. The predicted molar refractivity (Wildman–Crippen MR) is 143 cm³/mol. The molecule has 1 aromatic heterocycles. The van der Waals surface area contributed by atoms with Crippen molar-refractivity contribution in [3.63, 3.8) is 0 Å². The number of nitrogens with one attached hydrogen (secondary N) is 1. The number of rotatable bonds is 7. The van der Waals surface area contributed by atoms with E-state index in [1.807, 2.05) is 37.8 Å². The van der Waals surface area contributed by atoms with Crippen LogP contribution < -0.4 is 10.2 Å². The van der Waals surface area contributed by atoms with Crippen molar-refractivity contribution in [2.24, 2.45) is 5.92 Å². The van der Waals surface area contributed by atoms with Gasteiger partial charge in [-0.15, -0.1) is 5.10 Å². The van der Waals surface area contributed by atoms with Gasteiger partial charge in [0, 0.05) is 34.6 Å². The smallest absolute Gasteiger partial charge is 0.266 e. The first-order valence-electron chi connectivity index (χ1n) is 13.0. The second-order valence-electron chi connectivity index (χ2n) is 11.5. The lowest BCUT2D eigenvalue weighted by atomic mass is 9.79. The molecule has 2 aromatic carbocycles. The summed E-state index contributed by atoms with van der Waals surface area (Å²) in [4.78, 5) is 17.7. The number of halogens is 3. The number of hydrogen-bond acceptors (Lipinski definition) is 5. The lowest BCUT2D eigenvalue weighted by Crippen LogP contribution is -2.47. The number of hydrogen-bond donors (Lipinski definition) is 1. The Hall–Kier alpha value is -3.20. The zero-order valence-electron chi connectivity index (χ0n) is 22.6. The molecule has 1 amide bonds. The molecule has 9 heteroatoms. The Kier molecular flexibility index (Phi) is 6.62. The highest BCUT2D eigenvalue weighted by Gasteiger charge is 2.46. The van der Waals surface area contributed by atoms with E-state index in [9.17, 15) is 18.0 Å². The number of amides is 1. The highest BCUT2D eigenvalue weighted by molar-refractivity contribution is 6.11. The van der Waals surface area contributed by atoms with Crippen LogP contribution in [0.4, 0.5) is 24.7 Å². The van der Waals surface area contributed by atoms with Gasteiger partial charge in [-0.25, -0.2) is 13.2 Å². The molecule has 5 rings (SSSR count). The maximum Gasteiger partial charge on any atom is 0.266 e. The van der Waals surface area contributed by atoms with Crippen LogP contribution in [0.5, 0.6) is 0 Å². The molecule has 3 aromatic rings. The number of fused-ring (bicyclic) bond motifs is 2. The maximum atomic E-state index is 14.8. The minimum atomic E-state index is -2.90. The first-order chi connectivity index (χ1) is 17.9. The van der Waals surface area contributed by atoms with Crippen molar-refractivity contribution in [3.8, 4) is 0 Å². The Labute approximate surface area is 221 Å². The number of alkyl halides is 2. The molecule has 2 heterocycles. The summed E-state index contributed by atoms with van der Waals surface area (Å²) in [5, 5.41) is 13.4. The number of nitrogens with zero attached hydrogens (tertiary/aromatic N) is 4. The zero-order chi connectivity index (χ0) is 27.5. The molecule has 0 bridgehead atoms. The first kappa shape index (κ1) is 26.4. The molecule has 1 N–H and O–H groups in total. The lowest BCUT2D eigenvalue weighted by Gasteiger charge is -2.41. The van der Waals surface area contributed by atoms with Gasteiger partial charge in [0.2, 0.25) is 5.91 Å². The summed E-state index contributed by atoms with van der Waals surface area (Å²) in [5.41, 5.74) is 1.33. The van der Waals surface area contributed by atoms with Gasteiger partial charge < -0.3 is 15.1 Å². The molecule has 1 saturated carbocycles. The fourth-order valence-electron chi connectivity index (χ4n) is 5.77. The second-order valence-corrected chi connectivity index (χ2v) is 11.5. The quantitative estimate of drug-likeness (QED) is 0.401. The third-order valence-corrected chi connectivity index (χ3v) is 8.32. The molecule has 2 aliphatic rings. The minimum absolute atomic E-state index is 0.0726. The van der Waals surface area contributed by atoms with Crippen molar-refractivity contribution in [2.45, 2.75) is 64.5 Å². The van der Waals surface area contributed by atoms with E-state index in [0.29, 0.717) is 30.0 Å². The number of benzene rings is 2. The van der Waals surface area contributed by atoms with Crippen LogP contribution in [-0.4, -0.2) is 47.7 Å². The summed E-state index contributed by atoms with van der Waals surface area (Å²) in [6.07, 6.45) is -0.795. The Bertz CT molecular complexity index is 1400. The molecular formula is C29H34F3N5O. The number of anilines is 2. The third kappa shape index (κ3) is 4.30. The Balaban J connectivity index is 1.52. The average molecular weight is 526 g/mol. The summed E-state index contributed by atoms with van der Waals surface area (Å²) in [7, 11) is 4.17. The van der Waals surface area contributed by atoms with Gasteiger partial charge >= 0.3 is 0 Å². The SMILES string of the molecule is Cc1nnc(NC(C)c2cccc(C(F)F)c2F)c2cc3c(cc12)C(C)(C)C(=O)N3CC1CC(N(C)C)C1. The molecule has 0 radical (unpaired) electrons. The predicted octanol–water partition coefficient (Wildman–Crippen LogP) is 6.15. The van der Waals surface area contributed by atoms with Crippen LogP contribution in [0.25, 0.3) is 10.8 Å². The number of carbonyl (C=O) groups is 1. The van der Waals surface area contributed by atoms with Crippen molar-refractivity contribution in [2.75, 3.05) is 30.9 Å². The molecule has 0 saturated heterocycles.